The van der Waals surface area contributed by atoms with Gasteiger partial charge >= 0.3 is 0 Å². The summed E-state index contributed by atoms with van der Waals surface area (Å²) < 4.78 is 28.3. The number of carbonyl (C=O) groups is 1. The van der Waals surface area contributed by atoms with Crippen molar-refractivity contribution in [3.05, 3.63) is 87.9 Å². The fourth-order valence-corrected chi connectivity index (χ4v) is 4.16. The Hall–Kier alpha value is -2.35. The lowest BCUT2D eigenvalue weighted by molar-refractivity contribution is 0.102. The maximum absolute atomic E-state index is 12.6. The molecule has 5 nitrogen and oxygen atoms in total. The van der Waals surface area contributed by atoms with Crippen molar-refractivity contribution < 1.29 is 13.2 Å². The molecule has 0 radical (unpaired) electrons. The molecule has 0 heterocycles. The highest BCUT2D eigenvalue weighted by Gasteiger charge is 2.17. The molecule has 3 aromatic rings. The van der Waals surface area contributed by atoms with Crippen molar-refractivity contribution in [2.24, 2.45) is 0 Å². The van der Waals surface area contributed by atoms with E-state index in [0.717, 1.165) is 0 Å². The van der Waals surface area contributed by atoms with Crippen LogP contribution in [0, 0.1) is 0 Å². The van der Waals surface area contributed by atoms with Crippen LogP contribution in [0.5, 0.6) is 0 Å². The fraction of sp³-hybridized carbons (Fsp3) is 0. The molecular formula is C19H14BrClN2O3S. The largest absolute Gasteiger partial charge is 0.322 e. The summed E-state index contributed by atoms with van der Waals surface area (Å²) in [5.41, 5.74) is 1.08. The molecule has 0 fully saturated rings. The second-order valence-corrected chi connectivity index (χ2v) is 8.49. The monoisotopic (exact) mass is 464 g/mol. The number of hydrogen-bond acceptors (Lipinski definition) is 3. The topological polar surface area (TPSA) is 75.3 Å². The number of carbonyl (C=O) groups excluding carboxylic acids is 1. The van der Waals surface area contributed by atoms with Gasteiger partial charge in [-0.1, -0.05) is 41.9 Å². The number of halogens is 2. The summed E-state index contributed by atoms with van der Waals surface area (Å²) in [4.78, 5) is 12.4. The van der Waals surface area contributed by atoms with Gasteiger partial charge in [0.1, 0.15) is 0 Å². The Labute approximate surface area is 170 Å². The Morgan fingerprint density at radius 3 is 2.37 bits per heavy atom. The molecule has 0 aliphatic rings. The number of para-hydroxylation sites is 1. The zero-order valence-corrected chi connectivity index (χ0v) is 17.0. The van der Waals surface area contributed by atoms with Crippen molar-refractivity contribution in [2.45, 2.75) is 4.90 Å². The zero-order valence-electron chi connectivity index (χ0n) is 13.8. The zero-order chi connectivity index (χ0) is 19.4. The number of benzene rings is 3. The number of anilines is 2. The second kappa shape index (κ2) is 8.12. The maximum atomic E-state index is 12.6. The molecular weight excluding hydrogens is 452 g/mol. The van der Waals surface area contributed by atoms with Crippen molar-refractivity contribution >= 4 is 54.8 Å². The van der Waals surface area contributed by atoms with Crippen LogP contribution in [-0.4, -0.2) is 14.3 Å². The third kappa shape index (κ3) is 4.68. The minimum Gasteiger partial charge on any atom is -0.322 e. The van der Waals surface area contributed by atoms with E-state index in [4.69, 9.17) is 11.6 Å². The summed E-state index contributed by atoms with van der Waals surface area (Å²) in [5, 5.41) is 2.99. The lowest BCUT2D eigenvalue weighted by atomic mass is 10.2. The third-order valence-corrected chi connectivity index (χ3v) is 6.02. The highest BCUT2D eigenvalue weighted by molar-refractivity contribution is 9.10. The van der Waals surface area contributed by atoms with Gasteiger partial charge in [-0.3, -0.25) is 9.52 Å². The van der Waals surface area contributed by atoms with Crippen molar-refractivity contribution in [2.75, 3.05) is 10.0 Å². The van der Waals surface area contributed by atoms with Crippen molar-refractivity contribution in [3.8, 4) is 0 Å². The summed E-state index contributed by atoms with van der Waals surface area (Å²) in [5.74, 6) is -0.351. The molecule has 3 aromatic carbocycles. The molecule has 1 amide bonds. The summed E-state index contributed by atoms with van der Waals surface area (Å²) in [6.45, 7) is 0. The molecule has 2 N–H and O–H groups in total. The quantitative estimate of drug-likeness (QED) is 0.547. The minimum absolute atomic E-state index is 0.00680. The van der Waals surface area contributed by atoms with Crippen LogP contribution in [0.4, 0.5) is 11.4 Å². The second-order valence-electron chi connectivity index (χ2n) is 5.55. The van der Waals surface area contributed by atoms with Gasteiger partial charge in [-0.15, -0.1) is 0 Å². The van der Waals surface area contributed by atoms with Gasteiger partial charge in [0.25, 0.3) is 15.9 Å². The smallest absolute Gasteiger partial charge is 0.262 e. The fourth-order valence-electron chi connectivity index (χ4n) is 2.33. The van der Waals surface area contributed by atoms with Crippen molar-refractivity contribution in [1.82, 2.24) is 0 Å². The molecule has 0 saturated heterocycles. The highest BCUT2D eigenvalue weighted by Crippen LogP contribution is 2.25. The predicted octanol–water partition coefficient (Wildman–Crippen LogP) is 5.16. The lowest BCUT2D eigenvalue weighted by Gasteiger charge is -2.11. The van der Waals surface area contributed by atoms with Crippen LogP contribution in [0.25, 0.3) is 0 Å². The summed E-state index contributed by atoms with van der Waals surface area (Å²) in [6.07, 6.45) is 0. The molecule has 0 bridgehead atoms. The van der Waals surface area contributed by atoms with Crippen molar-refractivity contribution in [1.29, 1.82) is 0 Å². The van der Waals surface area contributed by atoms with E-state index in [1.807, 2.05) is 0 Å². The molecule has 0 aromatic heterocycles. The molecule has 138 valence electrons. The standard InChI is InChI=1S/C19H14BrClN2O3S/c20-16-9-2-1-8-15(16)19(24)22-13-6-5-7-14(12-13)27(25,26)23-18-11-4-3-10-17(18)21/h1-12,23H,(H,22,24). The van der Waals surface area contributed by atoms with Gasteiger partial charge in [-0.25, -0.2) is 8.42 Å². The number of sulfonamides is 1. The maximum Gasteiger partial charge on any atom is 0.262 e. The van der Waals surface area contributed by atoms with E-state index >= 15 is 0 Å². The Morgan fingerprint density at radius 2 is 1.63 bits per heavy atom. The average molecular weight is 466 g/mol. The SMILES string of the molecule is O=C(Nc1cccc(S(=O)(=O)Nc2ccccc2Cl)c1)c1ccccc1Br. The van der Waals surface area contributed by atoms with E-state index in [1.54, 1.807) is 60.7 Å². The van der Waals surface area contributed by atoms with Crippen LogP contribution in [-0.2, 0) is 10.0 Å². The van der Waals surface area contributed by atoms with Crippen LogP contribution in [0.2, 0.25) is 5.02 Å². The van der Waals surface area contributed by atoms with Crippen LogP contribution in [0.15, 0.2) is 82.2 Å². The molecule has 0 aliphatic heterocycles. The first-order valence-corrected chi connectivity index (χ1v) is 10.5. The molecule has 8 heteroatoms. The van der Waals surface area contributed by atoms with Gasteiger partial charge in [-0.05, 0) is 58.4 Å². The Bertz CT molecular complexity index is 1100. The van der Waals surface area contributed by atoms with Gasteiger partial charge in [0.05, 0.1) is 21.2 Å². The van der Waals surface area contributed by atoms with E-state index in [2.05, 4.69) is 26.0 Å². The van der Waals surface area contributed by atoms with Gasteiger partial charge in [0.15, 0.2) is 0 Å². The van der Waals surface area contributed by atoms with Gasteiger partial charge < -0.3 is 5.32 Å². The number of rotatable bonds is 5. The predicted molar refractivity (Wildman–Crippen MR) is 111 cm³/mol. The molecule has 0 atom stereocenters. The van der Waals surface area contributed by atoms with Gasteiger partial charge in [-0.2, -0.15) is 0 Å². The minimum atomic E-state index is -3.86. The molecule has 0 aliphatic carbocycles. The average Bonchev–Trinajstić information content (AvgIpc) is 2.64. The molecule has 0 spiro atoms. The van der Waals surface area contributed by atoms with E-state index in [-0.39, 0.29) is 16.5 Å². The first-order chi connectivity index (χ1) is 12.9. The van der Waals surface area contributed by atoms with Gasteiger partial charge in [0, 0.05) is 10.2 Å². The van der Waals surface area contributed by atoms with E-state index in [0.29, 0.717) is 20.7 Å². The number of nitrogens with one attached hydrogen (secondary N) is 2. The van der Waals surface area contributed by atoms with E-state index < -0.39 is 10.0 Å². The Morgan fingerprint density at radius 1 is 0.926 bits per heavy atom. The molecule has 0 saturated carbocycles. The first kappa shape index (κ1) is 19.4. The normalized spacial score (nSPS) is 11.0. The van der Waals surface area contributed by atoms with Crippen LogP contribution in [0.3, 0.4) is 0 Å². The Kier molecular flexibility index (Phi) is 5.84. The lowest BCUT2D eigenvalue weighted by Crippen LogP contribution is -2.15. The summed E-state index contributed by atoms with van der Waals surface area (Å²) >= 11 is 9.33. The molecule has 27 heavy (non-hydrogen) atoms. The summed E-state index contributed by atoms with van der Waals surface area (Å²) in [7, 11) is -3.86. The molecule has 0 unspecified atom stereocenters. The molecule has 3 rings (SSSR count). The number of amides is 1. The van der Waals surface area contributed by atoms with Crippen LogP contribution in [0.1, 0.15) is 10.4 Å². The highest BCUT2D eigenvalue weighted by atomic mass is 79.9. The number of hydrogen-bond donors (Lipinski definition) is 2. The first-order valence-electron chi connectivity index (χ1n) is 7.80. The van der Waals surface area contributed by atoms with E-state index in [9.17, 15) is 13.2 Å². The Balaban J connectivity index is 1.84. The third-order valence-electron chi connectivity index (χ3n) is 3.64. The van der Waals surface area contributed by atoms with Gasteiger partial charge in [0.2, 0.25) is 0 Å². The van der Waals surface area contributed by atoms with E-state index in [1.165, 1.54) is 12.1 Å². The van der Waals surface area contributed by atoms with Crippen LogP contribution < -0.4 is 10.0 Å². The summed E-state index contributed by atoms with van der Waals surface area (Å²) in [6, 6.07) is 19.5. The van der Waals surface area contributed by atoms with Crippen LogP contribution >= 0.6 is 27.5 Å². The van der Waals surface area contributed by atoms with Crippen molar-refractivity contribution in [3.63, 3.8) is 0 Å².